The number of hydrogen-bond acceptors (Lipinski definition) is 4. The first-order chi connectivity index (χ1) is 9.09. The SMILES string of the molecule is C[C@H]1CNCCN1C(=O)CN(C)C(=O)c1cccs1. The van der Waals surface area contributed by atoms with Crippen LogP contribution in [0, 0.1) is 0 Å². The lowest BCUT2D eigenvalue weighted by Gasteiger charge is -2.35. The van der Waals surface area contributed by atoms with Gasteiger partial charge in [0, 0.05) is 32.7 Å². The summed E-state index contributed by atoms with van der Waals surface area (Å²) < 4.78 is 0. The molecule has 1 atom stereocenters. The molecule has 1 aromatic heterocycles. The minimum atomic E-state index is -0.0915. The summed E-state index contributed by atoms with van der Waals surface area (Å²) in [7, 11) is 1.67. The van der Waals surface area contributed by atoms with E-state index in [0.29, 0.717) is 11.4 Å². The third-order valence-corrected chi connectivity index (χ3v) is 4.13. The number of nitrogens with one attached hydrogen (secondary N) is 1. The molecule has 0 saturated carbocycles. The highest BCUT2D eigenvalue weighted by atomic mass is 32.1. The highest BCUT2D eigenvalue weighted by molar-refractivity contribution is 7.12. The van der Waals surface area contributed by atoms with E-state index < -0.39 is 0 Å². The highest BCUT2D eigenvalue weighted by Crippen LogP contribution is 2.11. The van der Waals surface area contributed by atoms with Crippen LogP contribution in [0.3, 0.4) is 0 Å². The van der Waals surface area contributed by atoms with Crippen LogP contribution in [-0.4, -0.2) is 60.9 Å². The van der Waals surface area contributed by atoms with Crippen LogP contribution >= 0.6 is 11.3 Å². The molecular weight excluding hydrogens is 262 g/mol. The number of carbonyl (C=O) groups is 2. The van der Waals surface area contributed by atoms with E-state index >= 15 is 0 Å². The van der Waals surface area contributed by atoms with Crippen molar-refractivity contribution in [2.45, 2.75) is 13.0 Å². The topological polar surface area (TPSA) is 52.7 Å². The van der Waals surface area contributed by atoms with Crippen LogP contribution in [-0.2, 0) is 4.79 Å². The zero-order valence-electron chi connectivity index (χ0n) is 11.3. The number of hydrogen-bond donors (Lipinski definition) is 1. The van der Waals surface area contributed by atoms with Crippen molar-refractivity contribution >= 4 is 23.2 Å². The summed E-state index contributed by atoms with van der Waals surface area (Å²) in [5.74, 6) is -0.0763. The number of rotatable bonds is 3. The molecule has 5 nitrogen and oxygen atoms in total. The molecule has 1 fully saturated rings. The van der Waals surface area contributed by atoms with Gasteiger partial charge in [-0.2, -0.15) is 0 Å². The normalized spacial score (nSPS) is 19.3. The van der Waals surface area contributed by atoms with Gasteiger partial charge in [-0.1, -0.05) is 6.07 Å². The Balaban J connectivity index is 1.93. The Morgan fingerprint density at radius 1 is 1.58 bits per heavy atom. The van der Waals surface area contributed by atoms with Crippen molar-refractivity contribution in [3.63, 3.8) is 0 Å². The maximum atomic E-state index is 12.2. The van der Waals surface area contributed by atoms with Gasteiger partial charge in [-0.25, -0.2) is 0 Å². The van der Waals surface area contributed by atoms with Crippen LogP contribution in [0.4, 0.5) is 0 Å². The fraction of sp³-hybridized carbons (Fsp3) is 0.538. The molecule has 0 spiro atoms. The fourth-order valence-corrected chi connectivity index (χ4v) is 2.88. The highest BCUT2D eigenvalue weighted by Gasteiger charge is 2.25. The minimum Gasteiger partial charge on any atom is -0.336 e. The Morgan fingerprint density at radius 2 is 2.37 bits per heavy atom. The molecule has 0 aliphatic carbocycles. The van der Waals surface area contributed by atoms with Gasteiger partial charge in [0.1, 0.15) is 0 Å². The van der Waals surface area contributed by atoms with Gasteiger partial charge >= 0.3 is 0 Å². The van der Waals surface area contributed by atoms with Gasteiger partial charge in [-0.05, 0) is 18.4 Å². The Morgan fingerprint density at radius 3 is 3.00 bits per heavy atom. The number of thiophene rings is 1. The lowest BCUT2D eigenvalue weighted by Crippen LogP contribution is -2.54. The van der Waals surface area contributed by atoms with Gasteiger partial charge in [0.2, 0.25) is 5.91 Å². The van der Waals surface area contributed by atoms with Crippen LogP contribution in [0.1, 0.15) is 16.6 Å². The molecule has 2 rings (SSSR count). The molecule has 1 aliphatic heterocycles. The summed E-state index contributed by atoms with van der Waals surface area (Å²) in [6.07, 6.45) is 0. The van der Waals surface area contributed by atoms with E-state index in [1.807, 2.05) is 23.3 Å². The molecule has 6 heteroatoms. The maximum Gasteiger partial charge on any atom is 0.264 e. The summed E-state index contributed by atoms with van der Waals surface area (Å²) in [6.45, 7) is 4.50. The molecular formula is C13H19N3O2S. The predicted octanol–water partition coefficient (Wildman–Crippen LogP) is 0.640. The monoisotopic (exact) mass is 281 g/mol. The molecule has 0 unspecified atom stereocenters. The third kappa shape index (κ3) is 3.33. The number of carbonyl (C=O) groups excluding carboxylic acids is 2. The van der Waals surface area contributed by atoms with Crippen LogP contribution in [0.5, 0.6) is 0 Å². The second-order valence-corrected chi connectivity index (χ2v) is 5.73. The first-order valence-corrected chi connectivity index (χ1v) is 7.26. The van der Waals surface area contributed by atoms with Crippen molar-refractivity contribution in [1.82, 2.24) is 15.1 Å². The zero-order chi connectivity index (χ0) is 13.8. The quantitative estimate of drug-likeness (QED) is 0.884. The van der Waals surface area contributed by atoms with E-state index in [0.717, 1.165) is 13.1 Å². The molecule has 1 aliphatic rings. The van der Waals surface area contributed by atoms with Gasteiger partial charge in [-0.3, -0.25) is 9.59 Å². The Kier molecular flexibility index (Phi) is 4.55. The first kappa shape index (κ1) is 14.0. The van der Waals surface area contributed by atoms with E-state index in [2.05, 4.69) is 5.32 Å². The van der Waals surface area contributed by atoms with Gasteiger partial charge in [-0.15, -0.1) is 11.3 Å². The van der Waals surface area contributed by atoms with Gasteiger partial charge in [0.25, 0.3) is 5.91 Å². The van der Waals surface area contributed by atoms with E-state index in [4.69, 9.17) is 0 Å². The Bertz CT molecular complexity index is 447. The number of amides is 2. The number of nitrogens with zero attached hydrogens (tertiary/aromatic N) is 2. The first-order valence-electron chi connectivity index (χ1n) is 6.38. The molecule has 1 saturated heterocycles. The average molecular weight is 281 g/mol. The van der Waals surface area contributed by atoms with Crippen LogP contribution in [0.2, 0.25) is 0 Å². The average Bonchev–Trinajstić information content (AvgIpc) is 2.92. The molecule has 1 aromatic rings. The molecule has 2 amide bonds. The summed E-state index contributed by atoms with van der Waals surface area (Å²) in [6, 6.07) is 3.80. The van der Waals surface area contributed by atoms with Gasteiger partial charge in [0.05, 0.1) is 11.4 Å². The standard InChI is InChI=1S/C13H19N3O2S/c1-10-8-14-5-6-16(10)12(17)9-15(2)13(18)11-4-3-7-19-11/h3-4,7,10,14H,5-6,8-9H2,1-2H3/t10-/m0/s1. The lowest BCUT2D eigenvalue weighted by atomic mass is 10.2. The van der Waals surface area contributed by atoms with Crippen LogP contribution in [0.25, 0.3) is 0 Å². The lowest BCUT2D eigenvalue weighted by molar-refractivity contribution is -0.134. The van der Waals surface area contributed by atoms with Crippen molar-refractivity contribution in [2.75, 3.05) is 33.2 Å². The van der Waals surface area contributed by atoms with Gasteiger partial charge in [0.15, 0.2) is 0 Å². The molecule has 0 radical (unpaired) electrons. The van der Waals surface area contributed by atoms with E-state index in [1.165, 1.54) is 16.2 Å². The third-order valence-electron chi connectivity index (χ3n) is 3.27. The molecule has 104 valence electrons. The predicted molar refractivity (Wildman–Crippen MR) is 75.3 cm³/mol. The van der Waals surface area contributed by atoms with Crippen LogP contribution in [0.15, 0.2) is 17.5 Å². The Hall–Kier alpha value is -1.40. The summed E-state index contributed by atoms with van der Waals surface area (Å²) >= 11 is 1.40. The van der Waals surface area contributed by atoms with E-state index in [9.17, 15) is 9.59 Å². The molecule has 2 heterocycles. The molecule has 1 N–H and O–H groups in total. The Labute approximate surface area is 117 Å². The number of piperazine rings is 1. The summed E-state index contributed by atoms with van der Waals surface area (Å²) in [5.41, 5.74) is 0. The molecule has 0 bridgehead atoms. The van der Waals surface area contributed by atoms with Crippen molar-refractivity contribution in [2.24, 2.45) is 0 Å². The van der Waals surface area contributed by atoms with E-state index in [1.54, 1.807) is 13.1 Å². The second kappa shape index (κ2) is 6.16. The zero-order valence-corrected chi connectivity index (χ0v) is 12.1. The van der Waals surface area contributed by atoms with E-state index in [-0.39, 0.29) is 24.4 Å². The van der Waals surface area contributed by atoms with Crippen LogP contribution < -0.4 is 5.32 Å². The molecule has 19 heavy (non-hydrogen) atoms. The van der Waals surface area contributed by atoms with Gasteiger partial charge < -0.3 is 15.1 Å². The summed E-state index contributed by atoms with van der Waals surface area (Å²) in [5, 5.41) is 5.11. The van der Waals surface area contributed by atoms with Crippen molar-refractivity contribution in [3.8, 4) is 0 Å². The molecule has 0 aromatic carbocycles. The minimum absolute atomic E-state index is 0.0152. The van der Waals surface area contributed by atoms with Crippen molar-refractivity contribution in [3.05, 3.63) is 22.4 Å². The van der Waals surface area contributed by atoms with Crippen molar-refractivity contribution in [1.29, 1.82) is 0 Å². The second-order valence-electron chi connectivity index (χ2n) is 4.78. The largest absolute Gasteiger partial charge is 0.336 e. The summed E-state index contributed by atoms with van der Waals surface area (Å²) in [4.78, 5) is 28.3. The maximum absolute atomic E-state index is 12.2. The van der Waals surface area contributed by atoms with Crippen molar-refractivity contribution < 1.29 is 9.59 Å². The number of likely N-dealkylation sites (N-methyl/N-ethyl adjacent to an activating group) is 1. The fourth-order valence-electron chi connectivity index (χ4n) is 2.17. The smallest absolute Gasteiger partial charge is 0.264 e.